The number of halogens is 2. The third-order valence-electron chi connectivity index (χ3n) is 5.03. The number of aryl methyl sites for hydroxylation is 2. The van der Waals surface area contributed by atoms with Crippen molar-refractivity contribution in [1.82, 2.24) is 15.3 Å². The first-order valence-electron chi connectivity index (χ1n) is 8.94. The van der Waals surface area contributed by atoms with Crippen LogP contribution < -0.4 is 10.9 Å². The van der Waals surface area contributed by atoms with Crippen LogP contribution in [-0.4, -0.2) is 15.9 Å². The van der Waals surface area contributed by atoms with Gasteiger partial charge < -0.3 is 10.3 Å². The highest BCUT2D eigenvalue weighted by Crippen LogP contribution is 2.25. The van der Waals surface area contributed by atoms with Gasteiger partial charge in [-0.2, -0.15) is 0 Å². The number of carbonyl (C=O) groups excluding carboxylic acids is 1. The Balaban J connectivity index is 1.93. The van der Waals surface area contributed by atoms with E-state index in [-0.39, 0.29) is 11.1 Å². The van der Waals surface area contributed by atoms with Gasteiger partial charge in [0.25, 0.3) is 5.56 Å². The van der Waals surface area contributed by atoms with E-state index in [4.69, 9.17) is 0 Å². The van der Waals surface area contributed by atoms with Crippen molar-refractivity contribution in [1.29, 1.82) is 0 Å². The lowest BCUT2D eigenvalue weighted by Gasteiger charge is -2.20. The fourth-order valence-electron chi connectivity index (χ4n) is 3.56. The quantitative estimate of drug-likeness (QED) is 0.717. The Labute approximate surface area is 160 Å². The van der Waals surface area contributed by atoms with Crippen molar-refractivity contribution < 1.29 is 13.6 Å². The van der Waals surface area contributed by atoms with Crippen molar-refractivity contribution in [3.8, 4) is 0 Å². The molecule has 0 aliphatic carbocycles. The highest BCUT2D eigenvalue weighted by molar-refractivity contribution is 5.89. The van der Waals surface area contributed by atoms with E-state index in [2.05, 4.69) is 15.3 Å². The second-order valence-electron chi connectivity index (χ2n) is 6.93. The SMILES string of the molecule is Cc1nccc2[nH]c(=O)c([C@@H](C)C(=O)N[C@@H](C)c3ccc(F)cc3F)c(C)c12. The summed E-state index contributed by atoms with van der Waals surface area (Å²) in [7, 11) is 0. The minimum atomic E-state index is -0.765. The Morgan fingerprint density at radius 1 is 1.18 bits per heavy atom. The number of hydrogen-bond acceptors (Lipinski definition) is 3. The van der Waals surface area contributed by atoms with Crippen LogP contribution in [0.25, 0.3) is 10.9 Å². The first-order valence-corrected chi connectivity index (χ1v) is 8.94. The standard InChI is InChI=1S/C21H21F2N3O2/c1-10-18(21(28)26-17-7-8-24-13(4)19(10)17)11(2)20(27)25-12(3)15-6-5-14(22)9-16(15)23/h5-9,11-12H,1-4H3,(H,25,27)(H,26,28)/t11-,12+/m1/s1. The molecule has 0 fully saturated rings. The number of rotatable bonds is 4. The van der Waals surface area contributed by atoms with Crippen molar-refractivity contribution in [3.05, 3.63) is 74.8 Å². The maximum Gasteiger partial charge on any atom is 0.252 e. The molecule has 3 rings (SSSR count). The first-order chi connectivity index (χ1) is 13.2. The van der Waals surface area contributed by atoms with Gasteiger partial charge in [-0.15, -0.1) is 0 Å². The average molecular weight is 385 g/mol. The van der Waals surface area contributed by atoms with Crippen molar-refractivity contribution in [2.75, 3.05) is 0 Å². The second-order valence-corrected chi connectivity index (χ2v) is 6.93. The predicted octanol–water partition coefficient (Wildman–Crippen LogP) is 3.80. The summed E-state index contributed by atoms with van der Waals surface area (Å²) in [5.74, 6) is -2.61. The van der Waals surface area contributed by atoms with Crippen LogP contribution in [0, 0.1) is 25.5 Å². The molecule has 0 unspecified atom stereocenters. The summed E-state index contributed by atoms with van der Waals surface area (Å²) < 4.78 is 27.1. The van der Waals surface area contributed by atoms with Crippen LogP contribution >= 0.6 is 0 Å². The van der Waals surface area contributed by atoms with Crippen molar-refractivity contribution in [2.24, 2.45) is 0 Å². The number of nitrogens with one attached hydrogen (secondary N) is 2. The molecule has 0 aliphatic heterocycles. The lowest BCUT2D eigenvalue weighted by Crippen LogP contribution is -2.34. The molecule has 5 nitrogen and oxygen atoms in total. The molecule has 2 heterocycles. The van der Waals surface area contributed by atoms with E-state index in [9.17, 15) is 18.4 Å². The number of nitrogens with zero attached hydrogens (tertiary/aromatic N) is 1. The Kier molecular flexibility index (Phi) is 5.27. The van der Waals surface area contributed by atoms with Gasteiger partial charge in [0, 0.05) is 34.5 Å². The average Bonchev–Trinajstić information content (AvgIpc) is 2.61. The molecule has 0 aliphatic rings. The van der Waals surface area contributed by atoms with Gasteiger partial charge >= 0.3 is 0 Å². The van der Waals surface area contributed by atoms with E-state index in [0.29, 0.717) is 16.6 Å². The van der Waals surface area contributed by atoms with Crippen LogP contribution in [0.5, 0.6) is 0 Å². The highest BCUT2D eigenvalue weighted by atomic mass is 19.1. The van der Waals surface area contributed by atoms with Gasteiger partial charge in [-0.05, 0) is 45.4 Å². The minimum absolute atomic E-state index is 0.172. The highest BCUT2D eigenvalue weighted by Gasteiger charge is 2.25. The number of hydrogen-bond donors (Lipinski definition) is 2. The maximum atomic E-state index is 14.0. The number of fused-ring (bicyclic) bond motifs is 1. The van der Waals surface area contributed by atoms with Crippen LogP contribution in [0.2, 0.25) is 0 Å². The fourth-order valence-corrected chi connectivity index (χ4v) is 3.56. The van der Waals surface area contributed by atoms with Crippen LogP contribution in [0.4, 0.5) is 8.78 Å². The number of pyridine rings is 2. The third-order valence-corrected chi connectivity index (χ3v) is 5.03. The van der Waals surface area contributed by atoms with Crippen molar-refractivity contribution >= 4 is 16.8 Å². The molecule has 3 aromatic rings. The monoisotopic (exact) mass is 385 g/mol. The molecule has 1 amide bonds. The summed E-state index contributed by atoms with van der Waals surface area (Å²) in [5.41, 5.74) is 2.26. The van der Waals surface area contributed by atoms with Gasteiger partial charge in [-0.3, -0.25) is 14.6 Å². The molecule has 28 heavy (non-hydrogen) atoms. The molecule has 0 saturated carbocycles. The molecule has 2 atom stereocenters. The summed E-state index contributed by atoms with van der Waals surface area (Å²) in [5, 5.41) is 3.50. The zero-order valence-electron chi connectivity index (χ0n) is 16.1. The molecule has 7 heteroatoms. The van der Waals surface area contributed by atoms with Crippen LogP contribution in [0.15, 0.2) is 35.3 Å². The number of aromatic amines is 1. The molecular weight excluding hydrogens is 364 g/mol. The summed E-state index contributed by atoms with van der Waals surface area (Å²) in [6, 6.07) is 4.24. The Bertz CT molecular complexity index is 1120. The summed E-state index contributed by atoms with van der Waals surface area (Å²) in [6.07, 6.45) is 1.61. The minimum Gasteiger partial charge on any atom is -0.349 e. The van der Waals surface area contributed by atoms with E-state index in [1.54, 1.807) is 33.0 Å². The Morgan fingerprint density at radius 2 is 1.89 bits per heavy atom. The topological polar surface area (TPSA) is 74.8 Å². The first kappa shape index (κ1) is 19.7. The Hall–Kier alpha value is -3.09. The molecule has 0 radical (unpaired) electrons. The molecular formula is C21H21F2N3O2. The number of benzene rings is 1. The summed E-state index contributed by atoms with van der Waals surface area (Å²) >= 11 is 0. The van der Waals surface area contributed by atoms with E-state index in [0.717, 1.165) is 23.2 Å². The van der Waals surface area contributed by atoms with E-state index >= 15 is 0 Å². The van der Waals surface area contributed by atoms with Gasteiger partial charge in [0.2, 0.25) is 5.91 Å². The van der Waals surface area contributed by atoms with Crippen molar-refractivity contribution in [3.63, 3.8) is 0 Å². The smallest absolute Gasteiger partial charge is 0.252 e. The molecule has 146 valence electrons. The van der Waals surface area contributed by atoms with Crippen molar-refractivity contribution in [2.45, 2.75) is 39.7 Å². The summed E-state index contributed by atoms with van der Waals surface area (Å²) in [4.78, 5) is 32.4. The normalized spacial score (nSPS) is 13.4. The number of amides is 1. The van der Waals surface area contributed by atoms with Gasteiger partial charge in [0.05, 0.1) is 17.5 Å². The number of carbonyl (C=O) groups is 1. The largest absolute Gasteiger partial charge is 0.349 e. The predicted molar refractivity (Wildman–Crippen MR) is 103 cm³/mol. The zero-order chi connectivity index (χ0) is 20.6. The van der Waals surface area contributed by atoms with Crippen LogP contribution in [0.3, 0.4) is 0 Å². The lowest BCUT2D eigenvalue weighted by atomic mass is 9.93. The van der Waals surface area contributed by atoms with Gasteiger partial charge in [0.15, 0.2) is 0 Å². The van der Waals surface area contributed by atoms with E-state index < -0.39 is 29.5 Å². The third kappa shape index (κ3) is 3.52. The maximum absolute atomic E-state index is 14.0. The summed E-state index contributed by atoms with van der Waals surface area (Å²) in [6.45, 7) is 6.85. The van der Waals surface area contributed by atoms with Gasteiger partial charge in [-0.1, -0.05) is 6.07 Å². The lowest BCUT2D eigenvalue weighted by molar-refractivity contribution is -0.122. The molecule has 0 spiro atoms. The molecule has 0 saturated heterocycles. The van der Waals surface area contributed by atoms with Gasteiger partial charge in [0.1, 0.15) is 11.6 Å². The van der Waals surface area contributed by atoms with Crippen LogP contribution in [0.1, 0.15) is 48.2 Å². The van der Waals surface area contributed by atoms with Crippen LogP contribution in [-0.2, 0) is 4.79 Å². The molecule has 0 bridgehead atoms. The second kappa shape index (κ2) is 7.50. The zero-order valence-corrected chi connectivity index (χ0v) is 16.1. The van der Waals surface area contributed by atoms with E-state index in [1.165, 1.54) is 6.07 Å². The Morgan fingerprint density at radius 3 is 2.57 bits per heavy atom. The number of aromatic nitrogens is 2. The fraction of sp³-hybridized carbons (Fsp3) is 0.286. The van der Waals surface area contributed by atoms with E-state index in [1.807, 2.05) is 6.92 Å². The molecule has 2 N–H and O–H groups in total. The molecule has 1 aromatic carbocycles. The van der Waals surface area contributed by atoms with Gasteiger partial charge in [-0.25, -0.2) is 8.78 Å². The number of H-pyrrole nitrogens is 1. The molecule has 2 aromatic heterocycles.